The minimum Gasteiger partial charge on any atom is -0.389 e. The first-order valence-electron chi connectivity index (χ1n) is 7.51. The Bertz CT molecular complexity index is 477. The van der Waals surface area contributed by atoms with Gasteiger partial charge in [-0.2, -0.15) is 0 Å². The quantitative estimate of drug-likeness (QED) is 0.888. The van der Waals surface area contributed by atoms with E-state index in [0.29, 0.717) is 12.2 Å². The average molecular weight is 295 g/mol. The summed E-state index contributed by atoms with van der Waals surface area (Å²) in [6.07, 6.45) is 0. The van der Waals surface area contributed by atoms with Crippen molar-refractivity contribution >= 4 is 5.69 Å². The molecule has 0 bridgehead atoms. The fourth-order valence-corrected chi connectivity index (χ4v) is 2.76. The van der Waals surface area contributed by atoms with Crippen LogP contribution in [-0.2, 0) is 0 Å². The number of piperazine rings is 1. The number of anilines is 1. The van der Waals surface area contributed by atoms with Crippen molar-refractivity contribution in [1.82, 2.24) is 4.90 Å². The van der Waals surface area contributed by atoms with Crippen LogP contribution in [0.4, 0.5) is 10.1 Å². The van der Waals surface area contributed by atoms with Crippen LogP contribution >= 0.6 is 0 Å². The Morgan fingerprint density at radius 3 is 2.38 bits per heavy atom. The van der Waals surface area contributed by atoms with Gasteiger partial charge in [0.25, 0.3) is 0 Å². The van der Waals surface area contributed by atoms with Gasteiger partial charge in [-0.05, 0) is 38.5 Å². The second kappa shape index (κ2) is 6.30. The van der Waals surface area contributed by atoms with Crippen LogP contribution in [-0.4, -0.2) is 48.3 Å². The maximum Gasteiger partial charge on any atom is 0.146 e. The zero-order chi connectivity index (χ0) is 15.6. The van der Waals surface area contributed by atoms with Crippen LogP contribution in [0.2, 0.25) is 0 Å². The van der Waals surface area contributed by atoms with E-state index in [4.69, 9.17) is 5.73 Å². The highest BCUT2D eigenvalue weighted by molar-refractivity contribution is 5.50. The molecule has 1 heterocycles. The standard InChI is InChI=1S/C16H26FN3O/c1-12(18)13-4-5-15(14(17)10-13)20-8-6-19(7-9-20)11-16(2,3)21/h4-5,10,12,21H,6-9,11,18H2,1-3H3/t12-/m0/s1. The lowest BCUT2D eigenvalue weighted by Crippen LogP contribution is -2.50. The van der Waals surface area contributed by atoms with E-state index in [9.17, 15) is 9.50 Å². The molecule has 1 aliphatic rings. The highest BCUT2D eigenvalue weighted by Gasteiger charge is 2.24. The van der Waals surface area contributed by atoms with Crippen LogP contribution in [0.3, 0.4) is 0 Å². The number of hydrogen-bond acceptors (Lipinski definition) is 4. The van der Waals surface area contributed by atoms with E-state index in [-0.39, 0.29) is 11.9 Å². The Morgan fingerprint density at radius 1 is 1.29 bits per heavy atom. The van der Waals surface area contributed by atoms with E-state index in [1.54, 1.807) is 0 Å². The van der Waals surface area contributed by atoms with Crippen LogP contribution in [0, 0.1) is 5.82 Å². The van der Waals surface area contributed by atoms with Gasteiger partial charge in [0.05, 0.1) is 11.3 Å². The molecule has 4 nitrogen and oxygen atoms in total. The summed E-state index contributed by atoms with van der Waals surface area (Å²) in [5, 5.41) is 9.85. The van der Waals surface area contributed by atoms with E-state index in [0.717, 1.165) is 31.7 Å². The van der Waals surface area contributed by atoms with Gasteiger partial charge in [-0.3, -0.25) is 4.90 Å². The van der Waals surface area contributed by atoms with Gasteiger partial charge in [0.1, 0.15) is 5.82 Å². The molecule has 1 aromatic rings. The minimum absolute atomic E-state index is 0.155. The Morgan fingerprint density at radius 2 is 1.90 bits per heavy atom. The fraction of sp³-hybridized carbons (Fsp3) is 0.625. The third-order valence-electron chi connectivity index (χ3n) is 3.82. The molecule has 1 fully saturated rings. The van der Waals surface area contributed by atoms with Crippen LogP contribution in [0.1, 0.15) is 32.4 Å². The fourth-order valence-electron chi connectivity index (χ4n) is 2.76. The number of halogens is 1. The molecular formula is C16H26FN3O. The number of nitrogens with zero attached hydrogens (tertiary/aromatic N) is 2. The van der Waals surface area contributed by atoms with E-state index in [2.05, 4.69) is 9.80 Å². The second-order valence-corrected chi connectivity index (χ2v) is 6.58. The molecule has 118 valence electrons. The zero-order valence-electron chi connectivity index (χ0n) is 13.1. The largest absolute Gasteiger partial charge is 0.389 e. The number of β-amino-alcohol motifs (C(OH)–C–C–N with tert-alkyl or cyclic N) is 1. The number of benzene rings is 1. The van der Waals surface area contributed by atoms with Crippen molar-refractivity contribution in [2.45, 2.75) is 32.4 Å². The van der Waals surface area contributed by atoms with Crippen molar-refractivity contribution in [3.8, 4) is 0 Å². The molecule has 1 aromatic carbocycles. The summed E-state index contributed by atoms with van der Waals surface area (Å²) in [7, 11) is 0. The van der Waals surface area contributed by atoms with Crippen molar-refractivity contribution < 1.29 is 9.50 Å². The number of nitrogens with two attached hydrogens (primary N) is 1. The maximum atomic E-state index is 14.2. The topological polar surface area (TPSA) is 52.7 Å². The normalized spacial score (nSPS) is 18.9. The predicted molar refractivity (Wildman–Crippen MR) is 84.0 cm³/mol. The average Bonchev–Trinajstić information content (AvgIpc) is 2.38. The lowest BCUT2D eigenvalue weighted by molar-refractivity contribution is 0.0344. The van der Waals surface area contributed by atoms with E-state index >= 15 is 0 Å². The summed E-state index contributed by atoms with van der Waals surface area (Å²) in [5.41, 5.74) is 6.55. The van der Waals surface area contributed by atoms with Gasteiger partial charge in [0.2, 0.25) is 0 Å². The summed E-state index contributed by atoms with van der Waals surface area (Å²) in [5.74, 6) is -0.208. The summed E-state index contributed by atoms with van der Waals surface area (Å²) < 4.78 is 14.2. The minimum atomic E-state index is -0.688. The Kier molecular flexibility index (Phi) is 4.86. The third-order valence-corrected chi connectivity index (χ3v) is 3.82. The molecule has 1 aliphatic heterocycles. The lowest BCUT2D eigenvalue weighted by Gasteiger charge is -2.38. The maximum absolute atomic E-state index is 14.2. The van der Waals surface area contributed by atoms with Crippen molar-refractivity contribution in [2.75, 3.05) is 37.6 Å². The van der Waals surface area contributed by atoms with E-state index in [1.165, 1.54) is 6.07 Å². The van der Waals surface area contributed by atoms with Gasteiger partial charge in [-0.25, -0.2) is 4.39 Å². The van der Waals surface area contributed by atoms with Crippen LogP contribution < -0.4 is 10.6 Å². The summed E-state index contributed by atoms with van der Waals surface area (Å²) >= 11 is 0. The molecular weight excluding hydrogens is 269 g/mol. The third kappa shape index (κ3) is 4.40. The molecule has 0 radical (unpaired) electrons. The molecule has 21 heavy (non-hydrogen) atoms. The van der Waals surface area contributed by atoms with Gasteiger partial charge in [-0.1, -0.05) is 6.07 Å². The lowest BCUT2D eigenvalue weighted by atomic mass is 10.1. The Labute approximate surface area is 126 Å². The van der Waals surface area contributed by atoms with Gasteiger partial charge >= 0.3 is 0 Å². The molecule has 0 aliphatic carbocycles. The van der Waals surface area contributed by atoms with Crippen molar-refractivity contribution in [1.29, 1.82) is 0 Å². The second-order valence-electron chi connectivity index (χ2n) is 6.58. The van der Waals surface area contributed by atoms with Gasteiger partial charge in [0.15, 0.2) is 0 Å². The number of hydrogen-bond donors (Lipinski definition) is 2. The molecule has 1 saturated heterocycles. The molecule has 1 atom stereocenters. The Balaban J connectivity index is 1.99. The number of aliphatic hydroxyl groups is 1. The smallest absolute Gasteiger partial charge is 0.146 e. The number of rotatable bonds is 4. The molecule has 0 aromatic heterocycles. The summed E-state index contributed by atoms with van der Waals surface area (Å²) in [6, 6.07) is 5.09. The Hall–Kier alpha value is -1.17. The molecule has 0 spiro atoms. The van der Waals surface area contributed by atoms with Crippen LogP contribution in [0.5, 0.6) is 0 Å². The first kappa shape index (κ1) is 16.2. The molecule has 0 saturated carbocycles. The van der Waals surface area contributed by atoms with E-state index in [1.807, 2.05) is 32.9 Å². The van der Waals surface area contributed by atoms with Crippen LogP contribution in [0.15, 0.2) is 18.2 Å². The SMILES string of the molecule is C[C@H](N)c1ccc(N2CCN(CC(C)(C)O)CC2)c(F)c1. The van der Waals surface area contributed by atoms with Crippen molar-refractivity contribution in [3.05, 3.63) is 29.6 Å². The van der Waals surface area contributed by atoms with Gasteiger partial charge in [-0.15, -0.1) is 0 Å². The molecule has 0 amide bonds. The highest BCUT2D eigenvalue weighted by atomic mass is 19.1. The predicted octanol–water partition coefficient (Wildman–Crippen LogP) is 1.74. The molecule has 0 unspecified atom stereocenters. The highest BCUT2D eigenvalue weighted by Crippen LogP contribution is 2.24. The van der Waals surface area contributed by atoms with Gasteiger partial charge in [0, 0.05) is 38.8 Å². The van der Waals surface area contributed by atoms with Crippen molar-refractivity contribution in [3.63, 3.8) is 0 Å². The molecule has 3 N–H and O–H groups in total. The summed E-state index contributed by atoms with van der Waals surface area (Å²) in [6.45, 7) is 9.32. The first-order valence-corrected chi connectivity index (χ1v) is 7.51. The first-order chi connectivity index (χ1) is 9.76. The summed E-state index contributed by atoms with van der Waals surface area (Å²) in [4.78, 5) is 4.27. The molecule has 2 rings (SSSR count). The molecule has 5 heteroatoms. The van der Waals surface area contributed by atoms with Gasteiger partial charge < -0.3 is 15.7 Å². The monoisotopic (exact) mass is 295 g/mol. The van der Waals surface area contributed by atoms with Crippen molar-refractivity contribution in [2.24, 2.45) is 5.73 Å². The van der Waals surface area contributed by atoms with Crippen LogP contribution in [0.25, 0.3) is 0 Å². The zero-order valence-corrected chi connectivity index (χ0v) is 13.1. The van der Waals surface area contributed by atoms with E-state index < -0.39 is 5.60 Å².